The number of hydrogen-bond donors (Lipinski definition) is 1. The smallest absolute Gasteiger partial charge is 0.193 e. The fourth-order valence-electron chi connectivity index (χ4n) is 3.13. The van der Waals surface area contributed by atoms with Gasteiger partial charge in [0.2, 0.25) is 0 Å². The van der Waals surface area contributed by atoms with Gasteiger partial charge in [0.05, 0.1) is 16.5 Å². The average molecular weight is 401 g/mol. The van der Waals surface area contributed by atoms with Crippen LogP contribution in [0.2, 0.25) is 5.02 Å². The molecule has 6 nitrogen and oxygen atoms in total. The molecule has 1 fully saturated rings. The molecule has 1 atom stereocenters. The molecule has 0 aromatic heterocycles. The molecule has 1 aliphatic rings. The molecule has 0 bridgehead atoms. The summed E-state index contributed by atoms with van der Waals surface area (Å²) in [5.41, 5.74) is 1.16. The number of nitrogens with one attached hydrogen (secondary N) is 1. The summed E-state index contributed by atoms with van der Waals surface area (Å²) in [6.07, 6.45) is 0. The standard InChI is InChI=1S/C18H29ClN4O2S/c1-18(2)13-23(10-11-26(18,24)25)17(20-3)21-12-16(22(4)5)14-6-8-15(19)9-7-14/h6-9,16H,10-13H2,1-5H3,(H,20,21). The average Bonchev–Trinajstić information content (AvgIpc) is 2.55. The summed E-state index contributed by atoms with van der Waals surface area (Å²) < 4.78 is 23.7. The van der Waals surface area contributed by atoms with Gasteiger partial charge in [0.25, 0.3) is 0 Å². The molecule has 2 rings (SSSR count). The second kappa shape index (κ2) is 8.15. The summed E-state index contributed by atoms with van der Waals surface area (Å²) >= 11 is 5.99. The van der Waals surface area contributed by atoms with Gasteiger partial charge in [-0.05, 0) is 45.6 Å². The zero-order valence-electron chi connectivity index (χ0n) is 16.2. The van der Waals surface area contributed by atoms with Gasteiger partial charge in [0, 0.05) is 31.7 Å². The van der Waals surface area contributed by atoms with E-state index in [9.17, 15) is 8.42 Å². The number of likely N-dealkylation sites (N-methyl/N-ethyl adjacent to an activating group) is 1. The minimum absolute atomic E-state index is 0.144. The van der Waals surface area contributed by atoms with E-state index in [4.69, 9.17) is 11.6 Å². The Balaban J connectivity index is 2.09. The highest BCUT2D eigenvalue weighted by Crippen LogP contribution is 2.24. The number of sulfone groups is 1. The lowest BCUT2D eigenvalue weighted by Crippen LogP contribution is -2.57. The Morgan fingerprint density at radius 3 is 2.46 bits per heavy atom. The van der Waals surface area contributed by atoms with Crippen molar-refractivity contribution in [1.82, 2.24) is 15.1 Å². The molecule has 26 heavy (non-hydrogen) atoms. The fourth-order valence-corrected chi connectivity index (χ4v) is 4.62. The highest BCUT2D eigenvalue weighted by molar-refractivity contribution is 7.92. The van der Waals surface area contributed by atoms with E-state index in [1.807, 2.05) is 43.3 Å². The first-order valence-electron chi connectivity index (χ1n) is 8.67. The van der Waals surface area contributed by atoms with Crippen molar-refractivity contribution in [3.8, 4) is 0 Å². The maximum absolute atomic E-state index is 12.2. The normalized spacial score (nSPS) is 20.9. The van der Waals surface area contributed by atoms with Crippen LogP contribution in [0.25, 0.3) is 0 Å². The van der Waals surface area contributed by atoms with Gasteiger partial charge in [-0.15, -0.1) is 0 Å². The highest BCUT2D eigenvalue weighted by Gasteiger charge is 2.41. The third kappa shape index (κ3) is 4.69. The van der Waals surface area contributed by atoms with Crippen LogP contribution in [0.5, 0.6) is 0 Å². The molecular formula is C18H29ClN4O2S. The van der Waals surface area contributed by atoms with E-state index in [2.05, 4.69) is 15.2 Å². The predicted octanol–water partition coefficient (Wildman–Crippen LogP) is 2.03. The minimum atomic E-state index is -3.07. The summed E-state index contributed by atoms with van der Waals surface area (Å²) in [5.74, 6) is 0.878. The molecule has 0 spiro atoms. The van der Waals surface area contributed by atoms with Gasteiger partial charge in [-0.1, -0.05) is 23.7 Å². The Hall–Kier alpha value is -1.31. The van der Waals surface area contributed by atoms with Crippen LogP contribution >= 0.6 is 11.6 Å². The van der Waals surface area contributed by atoms with Crippen LogP contribution in [0.1, 0.15) is 25.5 Å². The lowest BCUT2D eigenvalue weighted by atomic mass is 10.1. The highest BCUT2D eigenvalue weighted by atomic mass is 35.5. The summed E-state index contributed by atoms with van der Waals surface area (Å²) in [7, 11) is 2.71. The van der Waals surface area contributed by atoms with Crippen LogP contribution in [0.15, 0.2) is 29.3 Å². The first kappa shape index (κ1) is 21.0. The molecule has 1 aromatic carbocycles. The molecule has 146 valence electrons. The second-order valence-corrected chi connectivity index (χ2v) is 10.6. The second-order valence-electron chi connectivity index (χ2n) is 7.46. The van der Waals surface area contributed by atoms with Crippen molar-refractivity contribution in [3.63, 3.8) is 0 Å². The summed E-state index contributed by atoms with van der Waals surface area (Å²) in [5, 5.41) is 4.12. The minimum Gasteiger partial charge on any atom is -0.354 e. The van der Waals surface area contributed by atoms with E-state index < -0.39 is 14.6 Å². The number of aliphatic imine (C=N–C) groups is 1. The molecule has 8 heteroatoms. The van der Waals surface area contributed by atoms with E-state index >= 15 is 0 Å². The van der Waals surface area contributed by atoms with Crippen molar-refractivity contribution in [3.05, 3.63) is 34.9 Å². The van der Waals surface area contributed by atoms with Crippen LogP contribution in [0, 0.1) is 0 Å². The fraction of sp³-hybridized carbons (Fsp3) is 0.611. The van der Waals surface area contributed by atoms with Crippen molar-refractivity contribution in [2.45, 2.75) is 24.6 Å². The van der Waals surface area contributed by atoms with Crippen molar-refractivity contribution in [2.75, 3.05) is 46.5 Å². The van der Waals surface area contributed by atoms with Crippen molar-refractivity contribution in [1.29, 1.82) is 0 Å². The molecule has 1 N–H and O–H groups in total. The lowest BCUT2D eigenvalue weighted by Gasteiger charge is -2.39. The number of benzene rings is 1. The van der Waals surface area contributed by atoms with Crippen molar-refractivity contribution in [2.24, 2.45) is 4.99 Å². The van der Waals surface area contributed by atoms with Gasteiger partial charge < -0.3 is 15.1 Å². The van der Waals surface area contributed by atoms with E-state index in [0.717, 1.165) is 11.5 Å². The monoisotopic (exact) mass is 400 g/mol. The number of guanidine groups is 1. The first-order chi connectivity index (χ1) is 12.1. The van der Waals surface area contributed by atoms with Crippen LogP contribution in [-0.4, -0.2) is 75.5 Å². The zero-order valence-corrected chi connectivity index (χ0v) is 17.7. The number of nitrogens with zero attached hydrogens (tertiary/aromatic N) is 3. The number of rotatable bonds is 4. The SMILES string of the molecule is CN=C(NCC(c1ccc(Cl)cc1)N(C)C)N1CCS(=O)(=O)C(C)(C)C1. The summed E-state index contributed by atoms with van der Waals surface area (Å²) in [4.78, 5) is 8.52. The Labute approximate surface area is 162 Å². The largest absolute Gasteiger partial charge is 0.354 e. The summed E-state index contributed by atoms with van der Waals surface area (Å²) in [6, 6.07) is 7.97. The molecular weight excluding hydrogens is 372 g/mol. The number of halogens is 1. The maximum Gasteiger partial charge on any atom is 0.193 e. The molecule has 1 heterocycles. The predicted molar refractivity (Wildman–Crippen MR) is 109 cm³/mol. The van der Waals surface area contributed by atoms with E-state index in [0.29, 0.717) is 24.7 Å². The molecule has 0 amide bonds. The maximum atomic E-state index is 12.2. The van der Waals surface area contributed by atoms with Crippen LogP contribution in [0.3, 0.4) is 0 Å². The first-order valence-corrected chi connectivity index (χ1v) is 10.7. The van der Waals surface area contributed by atoms with E-state index in [-0.39, 0.29) is 11.8 Å². The Morgan fingerprint density at radius 1 is 1.35 bits per heavy atom. The van der Waals surface area contributed by atoms with Crippen LogP contribution in [-0.2, 0) is 9.84 Å². The van der Waals surface area contributed by atoms with Crippen molar-refractivity contribution < 1.29 is 8.42 Å². The molecule has 0 radical (unpaired) electrons. The topological polar surface area (TPSA) is 65.0 Å². The quantitative estimate of drug-likeness (QED) is 0.618. The molecule has 1 saturated heterocycles. The molecule has 1 aromatic rings. The lowest BCUT2D eigenvalue weighted by molar-refractivity contribution is 0.291. The van der Waals surface area contributed by atoms with Gasteiger partial charge in [0.1, 0.15) is 0 Å². The number of hydrogen-bond acceptors (Lipinski definition) is 4. The third-order valence-electron chi connectivity index (χ3n) is 4.89. The van der Waals surface area contributed by atoms with Crippen molar-refractivity contribution >= 4 is 27.4 Å². The van der Waals surface area contributed by atoms with E-state index in [1.54, 1.807) is 20.9 Å². The molecule has 1 aliphatic heterocycles. The third-order valence-corrected chi connectivity index (χ3v) is 7.67. The molecule has 1 unspecified atom stereocenters. The van der Waals surface area contributed by atoms with Crippen LogP contribution < -0.4 is 5.32 Å². The van der Waals surface area contributed by atoms with Gasteiger partial charge in [-0.3, -0.25) is 4.99 Å². The molecule has 0 saturated carbocycles. The van der Waals surface area contributed by atoms with Gasteiger partial charge in [-0.25, -0.2) is 8.42 Å². The molecule has 0 aliphatic carbocycles. The van der Waals surface area contributed by atoms with Gasteiger partial charge >= 0.3 is 0 Å². The zero-order chi connectivity index (χ0) is 19.5. The summed E-state index contributed by atoms with van der Waals surface area (Å²) in [6.45, 7) is 5.10. The Morgan fingerprint density at radius 2 is 1.96 bits per heavy atom. The van der Waals surface area contributed by atoms with Crippen LogP contribution in [0.4, 0.5) is 0 Å². The van der Waals surface area contributed by atoms with Gasteiger partial charge in [0.15, 0.2) is 15.8 Å². The Kier molecular flexibility index (Phi) is 6.58. The Bertz CT molecular complexity index is 745. The van der Waals surface area contributed by atoms with E-state index in [1.165, 1.54) is 0 Å². The van der Waals surface area contributed by atoms with Gasteiger partial charge in [-0.2, -0.15) is 0 Å².